The molecule has 1 aromatic heterocycles. The lowest BCUT2D eigenvalue weighted by atomic mass is 10.2. The Morgan fingerprint density at radius 1 is 1.29 bits per heavy atom. The second kappa shape index (κ2) is 5.52. The van der Waals surface area contributed by atoms with E-state index < -0.39 is 11.6 Å². The van der Waals surface area contributed by atoms with Crippen LogP contribution in [0.1, 0.15) is 23.2 Å². The van der Waals surface area contributed by atoms with Crippen LogP contribution in [0.25, 0.3) is 0 Å². The second-order valence-corrected chi connectivity index (χ2v) is 5.93. The number of aromatic nitrogens is 1. The molecular formula is C15H13F2NO2S. The quantitative estimate of drug-likeness (QED) is 0.699. The Balaban J connectivity index is 1.88. The molecule has 0 radical (unpaired) electrons. The smallest absolute Gasteiger partial charge is 0.186 e. The first-order valence-electron chi connectivity index (χ1n) is 6.60. The number of pyridine rings is 1. The highest BCUT2D eigenvalue weighted by atomic mass is 32.2. The van der Waals surface area contributed by atoms with Gasteiger partial charge in [0.1, 0.15) is 5.03 Å². The van der Waals surface area contributed by atoms with E-state index in [1.807, 2.05) is 0 Å². The lowest BCUT2D eigenvalue weighted by Gasteiger charge is -2.11. The highest BCUT2D eigenvalue weighted by Gasteiger charge is 2.20. The van der Waals surface area contributed by atoms with Gasteiger partial charge < -0.3 is 5.21 Å². The van der Waals surface area contributed by atoms with E-state index in [1.165, 1.54) is 18.2 Å². The van der Waals surface area contributed by atoms with E-state index in [0.29, 0.717) is 29.1 Å². The summed E-state index contributed by atoms with van der Waals surface area (Å²) < 4.78 is 27.7. The van der Waals surface area contributed by atoms with Crippen LogP contribution >= 0.6 is 11.8 Å². The first kappa shape index (κ1) is 14.1. The molecule has 3 nitrogen and oxygen atoms in total. The maximum absolute atomic E-state index is 13.6. The second-order valence-electron chi connectivity index (χ2n) is 4.94. The van der Waals surface area contributed by atoms with Crippen LogP contribution in [-0.2, 0) is 18.6 Å². The maximum atomic E-state index is 13.6. The van der Waals surface area contributed by atoms with Gasteiger partial charge in [0, 0.05) is 22.9 Å². The van der Waals surface area contributed by atoms with E-state index in [-0.39, 0.29) is 16.7 Å². The molecule has 1 heterocycles. The number of halogens is 2. The Morgan fingerprint density at radius 2 is 2.10 bits per heavy atom. The topological polar surface area (TPSA) is 42.2 Å². The first-order valence-corrected chi connectivity index (χ1v) is 7.59. The molecule has 1 aliphatic rings. The van der Waals surface area contributed by atoms with Gasteiger partial charge in [0.15, 0.2) is 17.1 Å². The summed E-state index contributed by atoms with van der Waals surface area (Å²) in [4.78, 5) is 11.9. The van der Waals surface area contributed by atoms with Crippen LogP contribution in [0.15, 0.2) is 34.1 Å². The zero-order valence-corrected chi connectivity index (χ0v) is 11.9. The molecule has 2 aromatic rings. The van der Waals surface area contributed by atoms with Crippen LogP contribution in [-0.4, -0.2) is 9.94 Å². The number of hydrogen-bond donors (Lipinski definition) is 1. The van der Waals surface area contributed by atoms with E-state index >= 15 is 0 Å². The van der Waals surface area contributed by atoms with E-state index in [9.17, 15) is 18.8 Å². The van der Waals surface area contributed by atoms with Crippen molar-refractivity contribution >= 4 is 11.8 Å². The van der Waals surface area contributed by atoms with E-state index in [1.54, 1.807) is 0 Å². The van der Waals surface area contributed by atoms with Gasteiger partial charge in [-0.3, -0.25) is 4.79 Å². The molecule has 0 atom stereocenters. The predicted octanol–water partition coefficient (Wildman–Crippen LogP) is 3.14. The summed E-state index contributed by atoms with van der Waals surface area (Å²) in [6, 6.07) is 5.33. The molecular weight excluding hydrogens is 296 g/mol. The summed E-state index contributed by atoms with van der Waals surface area (Å²) in [5.41, 5.74) is 1.38. The summed E-state index contributed by atoms with van der Waals surface area (Å²) in [7, 11) is 0. The lowest BCUT2D eigenvalue weighted by Crippen LogP contribution is -2.15. The molecule has 0 bridgehead atoms. The molecule has 21 heavy (non-hydrogen) atoms. The molecule has 0 spiro atoms. The number of hydrogen-bond acceptors (Lipinski definition) is 3. The van der Waals surface area contributed by atoms with Crippen molar-refractivity contribution in [2.45, 2.75) is 30.0 Å². The van der Waals surface area contributed by atoms with Crippen molar-refractivity contribution in [3.8, 4) is 0 Å². The van der Waals surface area contributed by atoms with E-state index in [4.69, 9.17) is 0 Å². The Bertz CT molecular complexity index is 758. The van der Waals surface area contributed by atoms with Crippen LogP contribution in [0.3, 0.4) is 0 Å². The molecule has 0 unspecified atom stereocenters. The molecule has 110 valence electrons. The SMILES string of the molecule is O=c1cc(SCc2cccc(F)c2F)n(O)c2c1CCC2. The molecule has 1 aromatic carbocycles. The Morgan fingerprint density at radius 3 is 2.90 bits per heavy atom. The van der Waals surface area contributed by atoms with Crippen LogP contribution in [0, 0.1) is 11.6 Å². The fourth-order valence-corrected chi connectivity index (χ4v) is 3.48. The predicted molar refractivity (Wildman–Crippen MR) is 75.8 cm³/mol. The van der Waals surface area contributed by atoms with Gasteiger partial charge in [-0.25, -0.2) is 8.78 Å². The number of thioether (sulfide) groups is 1. The summed E-state index contributed by atoms with van der Waals surface area (Å²) in [5, 5.41) is 10.5. The van der Waals surface area contributed by atoms with Gasteiger partial charge in [-0.15, -0.1) is 0 Å². The van der Waals surface area contributed by atoms with Gasteiger partial charge >= 0.3 is 0 Å². The minimum atomic E-state index is -0.900. The van der Waals surface area contributed by atoms with Gasteiger partial charge in [0.2, 0.25) is 0 Å². The van der Waals surface area contributed by atoms with Gasteiger partial charge in [-0.2, -0.15) is 4.73 Å². The van der Waals surface area contributed by atoms with Crippen molar-refractivity contribution in [2.75, 3.05) is 0 Å². The van der Waals surface area contributed by atoms with Crippen molar-refractivity contribution in [1.29, 1.82) is 0 Å². The van der Waals surface area contributed by atoms with Gasteiger partial charge in [-0.05, 0) is 25.3 Å². The maximum Gasteiger partial charge on any atom is 0.186 e. The minimum Gasteiger partial charge on any atom is -0.428 e. The van der Waals surface area contributed by atoms with E-state index in [2.05, 4.69) is 0 Å². The highest BCUT2D eigenvalue weighted by molar-refractivity contribution is 7.98. The van der Waals surface area contributed by atoms with Gasteiger partial charge in [-0.1, -0.05) is 23.9 Å². The highest BCUT2D eigenvalue weighted by Crippen LogP contribution is 2.27. The Kier molecular flexibility index (Phi) is 3.71. The number of fused-ring (bicyclic) bond motifs is 1. The minimum absolute atomic E-state index is 0.102. The molecule has 0 amide bonds. The first-order chi connectivity index (χ1) is 10.1. The summed E-state index contributed by atoms with van der Waals surface area (Å²) in [6.07, 6.45) is 2.18. The molecule has 6 heteroatoms. The Hall–Kier alpha value is -1.82. The molecule has 1 aliphatic carbocycles. The molecule has 0 saturated heterocycles. The van der Waals surface area contributed by atoms with Gasteiger partial charge in [0.25, 0.3) is 0 Å². The fraction of sp³-hybridized carbons (Fsp3) is 0.267. The van der Waals surface area contributed by atoms with Crippen molar-refractivity contribution in [1.82, 2.24) is 4.73 Å². The van der Waals surface area contributed by atoms with Crippen LogP contribution in [0.4, 0.5) is 8.78 Å². The van der Waals surface area contributed by atoms with Crippen molar-refractivity contribution in [2.24, 2.45) is 0 Å². The van der Waals surface area contributed by atoms with E-state index in [0.717, 1.165) is 29.0 Å². The standard InChI is InChI=1S/C15H13F2NO2S/c16-11-5-1-3-9(15(11)17)8-21-14-7-13(19)10-4-2-6-12(10)18(14)20/h1,3,5,7,20H,2,4,6,8H2. The largest absolute Gasteiger partial charge is 0.428 e. The third-order valence-electron chi connectivity index (χ3n) is 3.61. The van der Waals surface area contributed by atoms with Crippen LogP contribution in [0.2, 0.25) is 0 Å². The number of nitrogens with zero attached hydrogens (tertiary/aromatic N) is 1. The average molecular weight is 309 g/mol. The summed E-state index contributed by atoms with van der Waals surface area (Å²) >= 11 is 1.11. The van der Waals surface area contributed by atoms with Gasteiger partial charge in [0.05, 0.1) is 5.69 Å². The average Bonchev–Trinajstić information content (AvgIpc) is 2.95. The monoisotopic (exact) mass is 309 g/mol. The third-order valence-corrected chi connectivity index (χ3v) is 4.65. The zero-order valence-electron chi connectivity index (χ0n) is 11.1. The summed E-state index contributed by atoms with van der Waals surface area (Å²) in [5.74, 6) is -1.65. The molecule has 0 aliphatic heterocycles. The third kappa shape index (κ3) is 2.55. The normalized spacial score (nSPS) is 13.4. The van der Waals surface area contributed by atoms with Crippen molar-refractivity contribution in [3.05, 3.63) is 62.9 Å². The fourth-order valence-electron chi connectivity index (χ4n) is 2.53. The molecule has 0 fully saturated rings. The molecule has 3 rings (SSSR count). The number of rotatable bonds is 3. The van der Waals surface area contributed by atoms with Crippen molar-refractivity contribution in [3.63, 3.8) is 0 Å². The van der Waals surface area contributed by atoms with Crippen LogP contribution < -0.4 is 5.43 Å². The van der Waals surface area contributed by atoms with Crippen LogP contribution in [0.5, 0.6) is 0 Å². The van der Waals surface area contributed by atoms with Crippen molar-refractivity contribution < 1.29 is 14.0 Å². The molecule has 0 saturated carbocycles. The lowest BCUT2D eigenvalue weighted by molar-refractivity contribution is 0.150. The number of benzene rings is 1. The summed E-state index contributed by atoms with van der Waals surface area (Å²) in [6.45, 7) is 0. The molecule has 1 N–H and O–H groups in total. The Labute approximate surface area is 124 Å². The zero-order chi connectivity index (χ0) is 15.0.